The van der Waals surface area contributed by atoms with E-state index in [2.05, 4.69) is 5.32 Å². The Labute approximate surface area is 196 Å². The number of hydrogen-bond donors (Lipinski definition) is 1. The Morgan fingerprint density at radius 1 is 0.939 bits per heavy atom. The van der Waals surface area contributed by atoms with Crippen molar-refractivity contribution in [2.75, 3.05) is 18.0 Å². The highest BCUT2D eigenvalue weighted by Gasteiger charge is 2.40. The summed E-state index contributed by atoms with van der Waals surface area (Å²) < 4.78 is 28.2. The Morgan fingerprint density at radius 3 is 2.30 bits per heavy atom. The first-order valence-electron chi connectivity index (χ1n) is 12.6. The van der Waals surface area contributed by atoms with Crippen molar-refractivity contribution in [3.63, 3.8) is 0 Å². The maximum absolute atomic E-state index is 13.3. The van der Waals surface area contributed by atoms with Gasteiger partial charge in [-0.3, -0.25) is 9.59 Å². The number of nitrogens with one attached hydrogen (secondary N) is 1. The van der Waals surface area contributed by atoms with E-state index in [4.69, 9.17) is 0 Å². The molecule has 2 amide bonds. The maximum Gasteiger partial charge on any atom is 0.243 e. The number of amides is 2. The lowest BCUT2D eigenvalue weighted by molar-refractivity contribution is -0.127. The topological polar surface area (TPSA) is 86.8 Å². The fraction of sp³-hybridized carbons (Fsp3) is 0.680. The highest BCUT2D eigenvalue weighted by Crippen LogP contribution is 2.40. The third-order valence-electron chi connectivity index (χ3n) is 7.84. The molecule has 4 aliphatic rings. The SMILES string of the molecule is CC1Cc2cc(S(=O)(=O)N3CCC(C(=O)NC4CCCCC4)CC3)ccc2N1C(=O)C1CC1. The minimum Gasteiger partial charge on any atom is -0.353 e. The third kappa shape index (κ3) is 4.56. The number of piperidine rings is 1. The van der Waals surface area contributed by atoms with Crippen LogP contribution in [0.5, 0.6) is 0 Å². The van der Waals surface area contributed by atoms with Crippen LogP contribution >= 0.6 is 0 Å². The largest absolute Gasteiger partial charge is 0.353 e. The van der Waals surface area contributed by atoms with Crippen LogP contribution in [0.1, 0.15) is 70.3 Å². The molecule has 2 saturated carbocycles. The Morgan fingerprint density at radius 2 is 1.64 bits per heavy atom. The minimum absolute atomic E-state index is 0.0597. The zero-order chi connectivity index (χ0) is 23.2. The lowest BCUT2D eigenvalue weighted by Crippen LogP contribution is -2.45. The van der Waals surface area contributed by atoms with Crippen LogP contribution in [0.25, 0.3) is 0 Å². The van der Waals surface area contributed by atoms with Crippen LogP contribution in [-0.4, -0.2) is 49.7 Å². The van der Waals surface area contributed by atoms with Crippen LogP contribution in [0.4, 0.5) is 5.69 Å². The Kier molecular flexibility index (Phi) is 6.25. The number of fused-ring (bicyclic) bond motifs is 1. The summed E-state index contributed by atoms with van der Waals surface area (Å²) in [6.45, 7) is 2.76. The predicted molar refractivity (Wildman–Crippen MR) is 126 cm³/mol. The highest BCUT2D eigenvalue weighted by atomic mass is 32.2. The highest BCUT2D eigenvalue weighted by molar-refractivity contribution is 7.89. The fourth-order valence-electron chi connectivity index (χ4n) is 5.70. The Bertz CT molecular complexity index is 1020. The van der Waals surface area contributed by atoms with Gasteiger partial charge in [0.1, 0.15) is 0 Å². The van der Waals surface area contributed by atoms with Gasteiger partial charge in [0.2, 0.25) is 21.8 Å². The normalized spacial score (nSPS) is 25.1. The van der Waals surface area contributed by atoms with Crippen molar-refractivity contribution in [3.8, 4) is 0 Å². The molecule has 0 spiro atoms. The van der Waals surface area contributed by atoms with Gasteiger partial charge in [0.25, 0.3) is 0 Å². The predicted octanol–water partition coefficient (Wildman–Crippen LogP) is 3.22. The van der Waals surface area contributed by atoms with Gasteiger partial charge in [-0.05, 0) is 75.6 Å². The first kappa shape index (κ1) is 22.8. The van der Waals surface area contributed by atoms with Crippen LogP contribution in [0.3, 0.4) is 0 Å². The molecule has 8 heteroatoms. The monoisotopic (exact) mass is 473 g/mol. The van der Waals surface area contributed by atoms with E-state index in [9.17, 15) is 18.0 Å². The molecule has 1 N–H and O–H groups in total. The molecule has 2 aliphatic heterocycles. The van der Waals surface area contributed by atoms with Gasteiger partial charge in [0.05, 0.1) is 4.90 Å². The van der Waals surface area contributed by atoms with Crippen molar-refractivity contribution < 1.29 is 18.0 Å². The molecule has 0 aromatic heterocycles. The number of sulfonamides is 1. The molecule has 7 nitrogen and oxygen atoms in total. The second kappa shape index (κ2) is 9.02. The molecular weight excluding hydrogens is 438 g/mol. The summed E-state index contributed by atoms with van der Waals surface area (Å²) in [5, 5.41) is 3.19. The van der Waals surface area contributed by atoms with Gasteiger partial charge in [0, 0.05) is 42.7 Å². The van der Waals surface area contributed by atoms with Crippen molar-refractivity contribution >= 4 is 27.5 Å². The van der Waals surface area contributed by atoms with E-state index >= 15 is 0 Å². The summed E-state index contributed by atoms with van der Waals surface area (Å²) in [4.78, 5) is 27.5. The van der Waals surface area contributed by atoms with Crippen LogP contribution in [0.15, 0.2) is 23.1 Å². The summed E-state index contributed by atoms with van der Waals surface area (Å²) in [5.74, 6) is 0.288. The molecular formula is C25H35N3O4S. The maximum atomic E-state index is 13.3. The number of nitrogens with zero attached hydrogens (tertiary/aromatic N) is 2. The first-order valence-corrected chi connectivity index (χ1v) is 14.0. The second-order valence-corrected chi connectivity index (χ2v) is 12.3. The number of anilines is 1. The van der Waals surface area contributed by atoms with Crippen LogP contribution < -0.4 is 10.2 Å². The lowest BCUT2D eigenvalue weighted by atomic mass is 9.93. The van der Waals surface area contributed by atoms with Gasteiger partial charge in [-0.1, -0.05) is 19.3 Å². The standard InChI is InChI=1S/C25H35N3O4S/c1-17-15-20-16-22(9-10-23(20)28(17)25(30)19-7-8-19)33(31,32)27-13-11-18(12-14-27)24(29)26-21-5-3-2-4-6-21/h9-10,16-19,21H,2-8,11-15H2,1H3,(H,26,29). The molecule has 0 bridgehead atoms. The van der Waals surface area contributed by atoms with Gasteiger partial charge >= 0.3 is 0 Å². The van der Waals surface area contributed by atoms with Crippen LogP contribution in [-0.2, 0) is 26.0 Å². The molecule has 2 heterocycles. The summed E-state index contributed by atoms with van der Waals surface area (Å²) in [5.41, 5.74) is 1.79. The summed E-state index contributed by atoms with van der Waals surface area (Å²) >= 11 is 0. The van der Waals surface area contributed by atoms with E-state index in [-0.39, 0.29) is 35.7 Å². The molecule has 1 unspecified atom stereocenters. The van der Waals surface area contributed by atoms with Crippen molar-refractivity contribution in [2.45, 2.75) is 88.1 Å². The van der Waals surface area contributed by atoms with Crippen molar-refractivity contribution in [2.24, 2.45) is 11.8 Å². The van der Waals surface area contributed by atoms with Crippen LogP contribution in [0.2, 0.25) is 0 Å². The molecule has 1 saturated heterocycles. The van der Waals surface area contributed by atoms with Gasteiger partial charge < -0.3 is 10.2 Å². The minimum atomic E-state index is -3.62. The molecule has 0 radical (unpaired) electrons. The average Bonchev–Trinajstić information content (AvgIpc) is 3.61. The number of hydrogen-bond acceptors (Lipinski definition) is 4. The summed E-state index contributed by atoms with van der Waals surface area (Å²) in [6.07, 6.45) is 9.42. The van der Waals surface area contributed by atoms with Crippen LogP contribution in [0, 0.1) is 11.8 Å². The summed E-state index contributed by atoms with van der Waals surface area (Å²) in [7, 11) is -3.62. The quantitative estimate of drug-likeness (QED) is 0.711. The van der Waals surface area contributed by atoms with Crippen molar-refractivity contribution in [1.29, 1.82) is 0 Å². The van der Waals surface area contributed by atoms with Gasteiger partial charge in [-0.15, -0.1) is 0 Å². The van der Waals surface area contributed by atoms with E-state index in [1.165, 1.54) is 23.6 Å². The molecule has 33 heavy (non-hydrogen) atoms. The van der Waals surface area contributed by atoms with Crippen molar-refractivity contribution in [1.82, 2.24) is 9.62 Å². The van der Waals surface area contributed by atoms with Gasteiger partial charge in [0.15, 0.2) is 0 Å². The van der Waals surface area contributed by atoms with E-state index < -0.39 is 10.0 Å². The molecule has 3 fully saturated rings. The number of carbonyl (C=O) groups excluding carboxylic acids is 2. The smallest absolute Gasteiger partial charge is 0.243 e. The van der Waals surface area contributed by atoms with E-state index in [0.29, 0.717) is 37.2 Å². The van der Waals surface area contributed by atoms with E-state index in [0.717, 1.165) is 36.9 Å². The summed E-state index contributed by atoms with van der Waals surface area (Å²) in [6, 6.07) is 5.54. The molecule has 1 atom stereocenters. The van der Waals surface area contributed by atoms with E-state index in [1.54, 1.807) is 18.2 Å². The zero-order valence-electron chi connectivity index (χ0n) is 19.5. The molecule has 1 aromatic carbocycles. The number of rotatable bonds is 5. The number of carbonyl (C=O) groups is 2. The zero-order valence-corrected chi connectivity index (χ0v) is 20.3. The van der Waals surface area contributed by atoms with E-state index in [1.807, 2.05) is 11.8 Å². The Hall–Kier alpha value is -1.93. The van der Waals surface area contributed by atoms with Gasteiger partial charge in [-0.25, -0.2) is 8.42 Å². The Balaban J connectivity index is 1.23. The first-order chi connectivity index (χ1) is 15.8. The van der Waals surface area contributed by atoms with Crippen molar-refractivity contribution in [3.05, 3.63) is 23.8 Å². The average molecular weight is 474 g/mol. The molecule has 1 aromatic rings. The molecule has 5 rings (SSSR count). The molecule has 180 valence electrons. The second-order valence-electron chi connectivity index (χ2n) is 10.3. The van der Waals surface area contributed by atoms with Gasteiger partial charge in [-0.2, -0.15) is 4.31 Å². The fourth-order valence-corrected chi connectivity index (χ4v) is 7.22. The third-order valence-corrected chi connectivity index (χ3v) is 9.74. The lowest BCUT2D eigenvalue weighted by Gasteiger charge is -2.32. The number of benzene rings is 1. The molecule has 2 aliphatic carbocycles.